The number of hydrogen-bond donors (Lipinski definition) is 1. The van der Waals surface area contributed by atoms with E-state index in [0.717, 1.165) is 33.7 Å². The number of para-hydroxylation sites is 1. The molecule has 4 aromatic carbocycles. The third kappa shape index (κ3) is 3.69. The van der Waals surface area contributed by atoms with Gasteiger partial charge in [0.05, 0.1) is 25.1 Å². The lowest BCUT2D eigenvalue weighted by Crippen LogP contribution is -2.43. The molecular weight excluding hydrogens is 468 g/mol. The number of halogens is 1. The van der Waals surface area contributed by atoms with Crippen molar-refractivity contribution in [2.24, 2.45) is 0 Å². The summed E-state index contributed by atoms with van der Waals surface area (Å²) in [5, 5.41) is 4.55. The van der Waals surface area contributed by atoms with E-state index in [4.69, 9.17) is 16.3 Å². The fourth-order valence-electron chi connectivity index (χ4n) is 5.88. The van der Waals surface area contributed by atoms with Gasteiger partial charge in [-0.3, -0.25) is 4.79 Å². The molecule has 1 N–H and O–H groups in total. The zero-order chi connectivity index (χ0) is 24.7. The normalized spacial score (nSPS) is 22.7. The van der Waals surface area contributed by atoms with Crippen LogP contribution in [-0.4, -0.2) is 13.0 Å². The highest BCUT2D eigenvalue weighted by atomic mass is 35.5. The topological polar surface area (TPSA) is 41.6 Å². The molecule has 180 valence electrons. The number of amides is 1. The Morgan fingerprint density at radius 3 is 2.31 bits per heavy atom. The smallest absolute Gasteiger partial charge is 0.240 e. The minimum atomic E-state index is -0.714. The van der Waals surface area contributed by atoms with Gasteiger partial charge in [0.15, 0.2) is 0 Å². The number of carbonyl (C=O) groups excluding carboxylic acids is 1. The maximum atomic E-state index is 14.6. The maximum absolute atomic E-state index is 14.6. The first-order chi connectivity index (χ1) is 17.6. The number of nitrogens with one attached hydrogen (secondary N) is 1. The molecule has 0 aromatic heterocycles. The van der Waals surface area contributed by atoms with Crippen LogP contribution in [0.4, 0.5) is 5.69 Å². The number of anilines is 1. The van der Waals surface area contributed by atoms with Crippen LogP contribution < -0.4 is 15.0 Å². The Morgan fingerprint density at radius 2 is 1.58 bits per heavy atom. The number of carbonyl (C=O) groups is 1. The molecule has 1 fully saturated rings. The summed E-state index contributed by atoms with van der Waals surface area (Å²) in [6.07, 6.45) is 0.670. The van der Waals surface area contributed by atoms with Crippen molar-refractivity contribution in [3.05, 3.63) is 130 Å². The van der Waals surface area contributed by atoms with Crippen molar-refractivity contribution >= 4 is 23.2 Å². The van der Waals surface area contributed by atoms with E-state index in [2.05, 4.69) is 41.7 Å². The largest absolute Gasteiger partial charge is 0.497 e. The van der Waals surface area contributed by atoms with Crippen LogP contribution in [0.1, 0.15) is 40.8 Å². The Hall–Kier alpha value is -3.60. The molecule has 0 saturated carbocycles. The molecule has 0 bridgehead atoms. The molecule has 0 radical (unpaired) electrons. The second-order valence-electron chi connectivity index (χ2n) is 9.55. The van der Waals surface area contributed by atoms with Crippen LogP contribution in [0.3, 0.4) is 0 Å². The van der Waals surface area contributed by atoms with E-state index in [1.165, 1.54) is 0 Å². The number of benzene rings is 4. The number of fused-ring (bicyclic) bond motifs is 2. The van der Waals surface area contributed by atoms with E-state index in [9.17, 15) is 4.79 Å². The van der Waals surface area contributed by atoms with Gasteiger partial charge in [-0.2, -0.15) is 0 Å². The van der Waals surface area contributed by atoms with Crippen molar-refractivity contribution < 1.29 is 9.53 Å². The average Bonchev–Trinajstić information content (AvgIpc) is 3.43. The fourth-order valence-corrected chi connectivity index (χ4v) is 6.00. The van der Waals surface area contributed by atoms with Crippen LogP contribution in [0.15, 0.2) is 103 Å². The van der Waals surface area contributed by atoms with Crippen molar-refractivity contribution in [1.29, 1.82) is 0 Å². The van der Waals surface area contributed by atoms with E-state index in [-0.39, 0.29) is 18.0 Å². The quantitative estimate of drug-likeness (QED) is 0.339. The van der Waals surface area contributed by atoms with Gasteiger partial charge in [-0.1, -0.05) is 84.4 Å². The summed E-state index contributed by atoms with van der Waals surface area (Å²) < 4.78 is 5.32. The van der Waals surface area contributed by atoms with Crippen molar-refractivity contribution in [3.63, 3.8) is 0 Å². The lowest BCUT2D eigenvalue weighted by molar-refractivity contribution is -0.123. The van der Waals surface area contributed by atoms with Crippen LogP contribution in [0.25, 0.3) is 0 Å². The highest BCUT2D eigenvalue weighted by Gasteiger charge is 2.60. The molecule has 3 atom stereocenters. The van der Waals surface area contributed by atoms with Gasteiger partial charge in [0.1, 0.15) is 5.75 Å². The first-order valence-corrected chi connectivity index (χ1v) is 12.6. The van der Waals surface area contributed by atoms with E-state index in [1.54, 1.807) is 7.11 Å². The van der Waals surface area contributed by atoms with Gasteiger partial charge >= 0.3 is 0 Å². The minimum absolute atomic E-state index is 0.0189. The standard InChI is InChI=1S/C31H27ClN2O2/c1-36-25-17-11-21(12-18-25)20-34-28-10-6-5-9-26(28)31(30(34)35)19-27(22-13-15-24(32)16-14-22)33-29(31)23-7-3-2-4-8-23/h2-18,27,29,33H,19-20H2,1H3. The molecule has 1 amide bonds. The van der Waals surface area contributed by atoms with Crippen molar-refractivity contribution in [2.75, 3.05) is 12.0 Å². The Labute approximate surface area is 216 Å². The highest BCUT2D eigenvalue weighted by Crippen LogP contribution is 2.57. The third-order valence-corrected chi connectivity index (χ3v) is 7.85. The number of methoxy groups -OCH3 is 1. The molecule has 4 nitrogen and oxygen atoms in total. The molecule has 1 spiro atoms. The van der Waals surface area contributed by atoms with Crippen molar-refractivity contribution in [1.82, 2.24) is 5.32 Å². The zero-order valence-corrected chi connectivity index (χ0v) is 20.8. The van der Waals surface area contributed by atoms with Gasteiger partial charge in [-0.05, 0) is 59.0 Å². The Bertz CT molecular complexity index is 1390. The molecule has 4 aromatic rings. The van der Waals surface area contributed by atoms with E-state index < -0.39 is 5.41 Å². The summed E-state index contributed by atoms with van der Waals surface area (Å²) in [5.74, 6) is 0.940. The Morgan fingerprint density at radius 1 is 0.889 bits per heavy atom. The third-order valence-electron chi connectivity index (χ3n) is 7.59. The SMILES string of the molecule is COc1ccc(CN2C(=O)C3(CC(c4ccc(Cl)cc4)NC3c3ccccc3)c3ccccc32)cc1. The first kappa shape index (κ1) is 22.8. The van der Waals surface area contributed by atoms with Crippen LogP contribution in [0.5, 0.6) is 5.75 Å². The van der Waals surface area contributed by atoms with Crippen LogP contribution in [0.2, 0.25) is 5.02 Å². The van der Waals surface area contributed by atoms with Crippen LogP contribution >= 0.6 is 11.6 Å². The summed E-state index contributed by atoms with van der Waals surface area (Å²) in [7, 11) is 1.66. The molecule has 1 saturated heterocycles. The summed E-state index contributed by atoms with van der Waals surface area (Å²) in [4.78, 5) is 16.5. The number of rotatable bonds is 5. The highest BCUT2D eigenvalue weighted by molar-refractivity contribution is 6.30. The van der Waals surface area contributed by atoms with Crippen molar-refractivity contribution in [3.8, 4) is 5.75 Å². The fraction of sp³-hybridized carbons (Fsp3) is 0.194. The number of hydrogen-bond acceptors (Lipinski definition) is 3. The molecule has 2 aliphatic heterocycles. The number of nitrogens with zero attached hydrogens (tertiary/aromatic N) is 1. The molecular formula is C31H27ClN2O2. The summed E-state index contributed by atoms with van der Waals surface area (Å²) in [6, 6.07) is 34.3. The first-order valence-electron chi connectivity index (χ1n) is 12.2. The minimum Gasteiger partial charge on any atom is -0.497 e. The molecule has 36 heavy (non-hydrogen) atoms. The summed E-state index contributed by atoms with van der Waals surface area (Å²) in [6.45, 7) is 0.509. The second-order valence-corrected chi connectivity index (χ2v) is 9.98. The second kappa shape index (κ2) is 9.12. The van der Waals surface area contributed by atoms with Gasteiger partial charge in [-0.15, -0.1) is 0 Å². The molecule has 5 heteroatoms. The lowest BCUT2D eigenvalue weighted by atomic mass is 9.72. The van der Waals surface area contributed by atoms with E-state index in [0.29, 0.717) is 18.0 Å². The van der Waals surface area contributed by atoms with Gasteiger partial charge in [0.25, 0.3) is 0 Å². The lowest BCUT2D eigenvalue weighted by Gasteiger charge is -2.30. The molecule has 2 aliphatic rings. The number of ether oxygens (including phenoxy) is 1. The van der Waals surface area contributed by atoms with Gasteiger partial charge in [-0.25, -0.2) is 0 Å². The summed E-state index contributed by atoms with van der Waals surface area (Å²) >= 11 is 6.18. The molecule has 0 aliphatic carbocycles. The average molecular weight is 495 g/mol. The van der Waals surface area contributed by atoms with Gasteiger partial charge in [0.2, 0.25) is 5.91 Å². The summed E-state index contributed by atoms with van der Waals surface area (Å²) in [5.41, 5.74) is 4.67. The predicted octanol–water partition coefficient (Wildman–Crippen LogP) is 6.61. The van der Waals surface area contributed by atoms with Crippen LogP contribution in [-0.2, 0) is 16.8 Å². The molecule has 6 rings (SSSR count). The van der Waals surface area contributed by atoms with E-state index in [1.807, 2.05) is 71.6 Å². The van der Waals surface area contributed by atoms with Gasteiger partial charge in [0, 0.05) is 16.8 Å². The van der Waals surface area contributed by atoms with Crippen LogP contribution in [0, 0.1) is 0 Å². The van der Waals surface area contributed by atoms with E-state index >= 15 is 0 Å². The van der Waals surface area contributed by atoms with Crippen molar-refractivity contribution in [2.45, 2.75) is 30.5 Å². The Kier molecular flexibility index (Phi) is 5.79. The zero-order valence-electron chi connectivity index (χ0n) is 20.0. The molecule has 2 heterocycles. The molecule has 3 unspecified atom stereocenters. The maximum Gasteiger partial charge on any atom is 0.240 e. The Balaban J connectivity index is 1.45. The monoisotopic (exact) mass is 494 g/mol. The predicted molar refractivity (Wildman–Crippen MR) is 143 cm³/mol. The van der Waals surface area contributed by atoms with Gasteiger partial charge < -0.3 is 15.0 Å².